The highest BCUT2D eigenvalue weighted by Crippen LogP contribution is 2.42. The van der Waals surface area contributed by atoms with Gasteiger partial charge in [0.15, 0.2) is 0 Å². The molecule has 116 valence electrons. The van der Waals surface area contributed by atoms with Crippen LogP contribution in [0.15, 0.2) is 18.2 Å². The van der Waals surface area contributed by atoms with Crippen LogP contribution in [0, 0.1) is 17.7 Å². The summed E-state index contributed by atoms with van der Waals surface area (Å²) in [5.74, 6) is -3.97. The van der Waals surface area contributed by atoms with Crippen molar-refractivity contribution in [2.75, 3.05) is 0 Å². The summed E-state index contributed by atoms with van der Waals surface area (Å²) in [6, 6.07) is 4.20. The number of alkyl halides is 3. The van der Waals surface area contributed by atoms with Crippen molar-refractivity contribution in [1.82, 2.24) is 0 Å². The van der Waals surface area contributed by atoms with Crippen molar-refractivity contribution >= 4 is 17.4 Å². The standard InChI is InChI=1S/C15H15ClF4O/c16-12-7-3-4-9(14(12)17)8-13(21)10-5-1-2-6-11(10)15(18,19)20/h3-4,7,10-11H,1-2,5-6,8H2. The van der Waals surface area contributed by atoms with Crippen molar-refractivity contribution in [2.24, 2.45) is 11.8 Å². The molecule has 0 aromatic heterocycles. The lowest BCUT2D eigenvalue weighted by atomic mass is 9.75. The molecule has 0 bridgehead atoms. The van der Waals surface area contributed by atoms with Crippen molar-refractivity contribution in [3.8, 4) is 0 Å². The van der Waals surface area contributed by atoms with Crippen LogP contribution in [0.1, 0.15) is 31.2 Å². The molecule has 1 aliphatic carbocycles. The third-order valence-corrected chi connectivity index (χ3v) is 4.29. The van der Waals surface area contributed by atoms with Gasteiger partial charge in [0, 0.05) is 12.3 Å². The maximum absolute atomic E-state index is 13.8. The van der Waals surface area contributed by atoms with Crippen molar-refractivity contribution in [2.45, 2.75) is 38.3 Å². The van der Waals surface area contributed by atoms with Crippen LogP contribution >= 0.6 is 11.6 Å². The van der Waals surface area contributed by atoms with E-state index in [1.165, 1.54) is 18.2 Å². The van der Waals surface area contributed by atoms with E-state index in [0.29, 0.717) is 12.8 Å². The first-order chi connectivity index (χ1) is 9.80. The molecule has 2 atom stereocenters. The molecule has 0 amide bonds. The zero-order valence-corrected chi connectivity index (χ0v) is 12.0. The molecule has 21 heavy (non-hydrogen) atoms. The molecule has 6 heteroatoms. The first kappa shape index (κ1) is 16.3. The third-order valence-electron chi connectivity index (χ3n) is 4.00. The molecule has 1 fully saturated rings. The highest BCUT2D eigenvalue weighted by molar-refractivity contribution is 6.30. The van der Waals surface area contributed by atoms with E-state index in [2.05, 4.69) is 0 Å². The summed E-state index contributed by atoms with van der Waals surface area (Å²) in [7, 11) is 0. The van der Waals surface area contributed by atoms with E-state index in [1.807, 2.05) is 0 Å². The minimum Gasteiger partial charge on any atom is -0.299 e. The fourth-order valence-corrected chi connectivity index (χ4v) is 3.11. The van der Waals surface area contributed by atoms with Crippen LogP contribution in [0.25, 0.3) is 0 Å². The summed E-state index contributed by atoms with van der Waals surface area (Å²) in [4.78, 5) is 12.2. The average molecular weight is 323 g/mol. The topological polar surface area (TPSA) is 17.1 Å². The Labute approximate surface area is 125 Å². The SMILES string of the molecule is O=C(Cc1cccc(Cl)c1F)C1CCCCC1C(F)(F)F. The van der Waals surface area contributed by atoms with Gasteiger partial charge >= 0.3 is 6.18 Å². The van der Waals surface area contributed by atoms with Crippen LogP contribution in [0.3, 0.4) is 0 Å². The number of ketones is 1. The predicted molar refractivity (Wildman–Crippen MR) is 71.6 cm³/mol. The quantitative estimate of drug-likeness (QED) is 0.719. The van der Waals surface area contributed by atoms with Gasteiger partial charge in [-0.25, -0.2) is 4.39 Å². The number of Topliss-reactive ketones (excluding diaryl/α,β-unsaturated/α-hetero) is 1. The van der Waals surface area contributed by atoms with Gasteiger partial charge in [0.05, 0.1) is 10.9 Å². The number of hydrogen-bond donors (Lipinski definition) is 0. The van der Waals surface area contributed by atoms with Crippen LogP contribution in [0.5, 0.6) is 0 Å². The molecule has 2 rings (SSSR count). The number of halogens is 5. The molecule has 0 radical (unpaired) electrons. The molecular formula is C15H15ClF4O. The predicted octanol–water partition coefficient (Wildman–Crippen LogP) is 4.96. The summed E-state index contributed by atoms with van der Waals surface area (Å²) in [5.41, 5.74) is 0.0546. The molecule has 0 spiro atoms. The first-order valence-electron chi connectivity index (χ1n) is 6.83. The highest BCUT2D eigenvalue weighted by atomic mass is 35.5. The fraction of sp³-hybridized carbons (Fsp3) is 0.533. The van der Waals surface area contributed by atoms with E-state index in [-0.39, 0.29) is 29.8 Å². The second-order valence-corrected chi connectivity index (χ2v) is 5.80. The Morgan fingerprint density at radius 2 is 1.90 bits per heavy atom. The number of carbonyl (C=O) groups is 1. The number of rotatable bonds is 3. The van der Waals surface area contributed by atoms with E-state index in [1.54, 1.807) is 0 Å². The van der Waals surface area contributed by atoms with E-state index in [9.17, 15) is 22.4 Å². The van der Waals surface area contributed by atoms with Crippen LogP contribution in [0.2, 0.25) is 5.02 Å². The van der Waals surface area contributed by atoms with Crippen LogP contribution in [0.4, 0.5) is 17.6 Å². The largest absolute Gasteiger partial charge is 0.392 e. The van der Waals surface area contributed by atoms with Gasteiger partial charge < -0.3 is 0 Å². The van der Waals surface area contributed by atoms with Crippen LogP contribution < -0.4 is 0 Å². The van der Waals surface area contributed by atoms with E-state index >= 15 is 0 Å². The number of benzene rings is 1. The number of carbonyl (C=O) groups excluding carboxylic acids is 1. The maximum atomic E-state index is 13.8. The van der Waals surface area contributed by atoms with Crippen LogP contribution in [-0.2, 0) is 11.2 Å². The van der Waals surface area contributed by atoms with Crippen molar-refractivity contribution in [3.63, 3.8) is 0 Å². The summed E-state index contributed by atoms with van der Waals surface area (Å²) >= 11 is 5.62. The van der Waals surface area contributed by atoms with Gasteiger partial charge in [0.2, 0.25) is 0 Å². The smallest absolute Gasteiger partial charge is 0.299 e. The second-order valence-electron chi connectivity index (χ2n) is 5.40. The van der Waals surface area contributed by atoms with Crippen molar-refractivity contribution in [1.29, 1.82) is 0 Å². The molecule has 0 N–H and O–H groups in total. The minimum atomic E-state index is -4.38. The monoisotopic (exact) mass is 322 g/mol. The van der Waals surface area contributed by atoms with Gasteiger partial charge in [0.1, 0.15) is 11.6 Å². The normalized spacial score (nSPS) is 23.1. The van der Waals surface area contributed by atoms with Gasteiger partial charge in [-0.15, -0.1) is 0 Å². The van der Waals surface area contributed by atoms with Gasteiger partial charge in [-0.2, -0.15) is 13.2 Å². The van der Waals surface area contributed by atoms with Gasteiger partial charge in [0.25, 0.3) is 0 Å². The maximum Gasteiger partial charge on any atom is 0.392 e. The Bertz CT molecular complexity index is 527. The number of hydrogen-bond acceptors (Lipinski definition) is 1. The zero-order valence-electron chi connectivity index (χ0n) is 11.2. The van der Waals surface area contributed by atoms with E-state index in [4.69, 9.17) is 11.6 Å². The molecule has 0 heterocycles. The molecule has 1 nitrogen and oxygen atoms in total. The third kappa shape index (κ3) is 3.76. The Balaban J connectivity index is 2.16. The summed E-state index contributed by atoms with van der Waals surface area (Å²) in [6.07, 6.45) is -3.47. The Morgan fingerprint density at radius 1 is 1.24 bits per heavy atom. The first-order valence-corrected chi connectivity index (χ1v) is 7.21. The van der Waals surface area contributed by atoms with E-state index < -0.39 is 29.6 Å². The van der Waals surface area contributed by atoms with Gasteiger partial charge in [-0.05, 0) is 24.5 Å². The summed E-state index contributed by atoms with van der Waals surface area (Å²) in [5, 5.41) is -0.128. The Morgan fingerprint density at radius 3 is 2.57 bits per heavy atom. The molecule has 1 aromatic carbocycles. The molecular weight excluding hydrogens is 308 g/mol. The summed E-state index contributed by atoms with van der Waals surface area (Å²) in [6.45, 7) is 0. The zero-order chi connectivity index (χ0) is 15.6. The van der Waals surface area contributed by atoms with Crippen molar-refractivity contribution in [3.05, 3.63) is 34.6 Å². The Hall–Kier alpha value is -1.10. The molecule has 1 aromatic rings. The molecule has 0 aliphatic heterocycles. The highest BCUT2D eigenvalue weighted by Gasteiger charge is 2.47. The van der Waals surface area contributed by atoms with E-state index in [0.717, 1.165) is 0 Å². The Kier molecular flexibility index (Phi) is 4.91. The van der Waals surface area contributed by atoms with Crippen LogP contribution in [-0.4, -0.2) is 12.0 Å². The minimum absolute atomic E-state index is 0.0298. The lowest BCUT2D eigenvalue weighted by molar-refractivity contribution is -0.197. The molecule has 1 saturated carbocycles. The lowest BCUT2D eigenvalue weighted by Gasteiger charge is -2.32. The van der Waals surface area contributed by atoms with Gasteiger partial charge in [-0.3, -0.25) is 4.79 Å². The lowest BCUT2D eigenvalue weighted by Crippen LogP contribution is -2.38. The van der Waals surface area contributed by atoms with Crippen molar-refractivity contribution < 1.29 is 22.4 Å². The fourth-order valence-electron chi connectivity index (χ4n) is 2.91. The molecule has 1 aliphatic rings. The molecule has 0 saturated heterocycles. The van der Waals surface area contributed by atoms with Gasteiger partial charge in [-0.1, -0.05) is 36.6 Å². The second kappa shape index (κ2) is 6.34. The average Bonchev–Trinajstić information content (AvgIpc) is 2.43. The molecule has 2 unspecified atom stereocenters. The summed E-state index contributed by atoms with van der Waals surface area (Å²) < 4.78 is 52.7.